The maximum Gasteiger partial charge on any atom is 0.264 e. The normalized spacial score (nSPS) is 14.9. The fourth-order valence-electron chi connectivity index (χ4n) is 4.64. The van der Waals surface area contributed by atoms with Crippen molar-refractivity contribution >= 4 is 15.7 Å². The lowest BCUT2D eigenvalue weighted by Crippen LogP contribution is -2.47. The van der Waals surface area contributed by atoms with Crippen molar-refractivity contribution in [2.45, 2.75) is 37.2 Å². The van der Waals surface area contributed by atoms with E-state index in [4.69, 9.17) is 14.2 Å². The number of nitrogens with zero attached hydrogens (tertiary/aromatic N) is 2. The van der Waals surface area contributed by atoms with E-state index in [9.17, 15) is 8.42 Å². The highest BCUT2D eigenvalue weighted by Crippen LogP contribution is 2.33. The largest absolute Gasteiger partial charge is 0.497 e. The average Bonchev–Trinajstić information content (AvgIpc) is 2.91. The van der Waals surface area contributed by atoms with Crippen LogP contribution in [0.15, 0.2) is 77.7 Å². The molecule has 0 bridgehead atoms. The summed E-state index contributed by atoms with van der Waals surface area (Å²) in [6, 6.07) is 21.7. The van der Waals surface area contributed by atoms with Crippen LogP contribution < -0.4 is 18.5 Å². The van der Waals surface area contributed by atoms with Gasteiger partial charge in [-0.25, -0.2) is 8.42 Å². The second kappa shape index (κ2) is 11.7. The molecule has 1 saturated heterocycles. The van der Waals surface area contributed by atoms with Crippen LogP contribution in [0.25, 0.3) is 0 Å². The molecule has 0 aliphatic carbocycles. The maximum absolute atomic E-state index is 13.9. The Balaban J connectivity index is 1.58. The first kappa shape index (κ1) is 25.9. The first-order valence-electron chi connectivity index (χ1n) is 12.2. The fourth-order valence-corrected chi connectivity index (χ4v) is 6.34. The summed E-state index contributed by atoms with van der Waals surface area (Å²) >= 11 is 0. The van der Waals surface area contributed by atoms with Gasteiger partial charge in [-0.1, -0.05) is 24.3 Å². The van der Waals surface area contributed by atoms with Crippen molar-refractivity contribution in [1.29, 1.82) is 0 Å². The van der Waals surface area contributed by atoms with E-state index in [0.717, 1.165) is 30.9 Å². The number of piperidine rings is 1. The maximum atomic E-state index is 13.9. The molecule has 0 aromatic heterocycles. The lowest BCUT2D eigenvalue weighted by Gasteiger charge is -2.39. The van der Waals surface area contributed by atoms with Crippen LogP contribution in [0.4, 0.5) is 5.69 Å². The first-order valence-corrected chi connectivity index (χ1v) is 13.7. The quantitative estimate of drug-likeness (QED) is 0.384. The highest BCUT2D eigenvalue weighted by Gasteiger charge is 2.34. The van der Waals surface area contributed by atoms with Crippen molar-refractivity contribution in [3.8, 4) is 17.2 Å². The van der Waals surface area contributed by atoms with Crippen LogP contribution in [-0.4, -0.2) is 53.3 Å². The average molecular weight is 511 g/mol. The smallest absolute Gasteiger partial charge is 0.264 e. The number of hydrogen-bond donors (Lipinski definition) is 0. The number of anilines is 1. The minimum atomic E-state index is -3.81. The molecular weight excluding hydrogens is 476 g/mol. The van der Waals surface area contributed by atoms with Gasteiger partial charge < -0.3 is 14.2 Å². The van der Waals surface area contributed by atoms with E-state index in [1.165, 1.54) is 0 Å². The predicted molar refractivity (Wildman–Crippen MR) is 142 cm³/mol. The van der Waals surface area contributed by atoms with E-state index in [2.05, 4.69) is 11.0 Å². The first-order chi connectivity index (χ1) is 17.5. The molecule has 7 nitrogen and oxygen atoms in total. The number of para-hydroxylation sites is 1. The van der Waals surface area contributed by atoms with Crippen LogP contribution in [0, 0.1) is 0 Å². The molecule has 3 aromatic rings. The molecule has 0 atom stereocenters. The third kappa shape index (κ3) is 5.77. The van der Waals surface area contributed by atoms with Crippen LogP contribution >= 0.6 is 0 Å². The summed E-state index contributed by atoms with van der Waals surface area (Å²) in [5.41, 5.74) is 1.75. The monoisotopic (exact) mass is 510 g/mol. The molecule has 1 aliphatic rings. The molecule has 0 amide bonds. The SMILES string of the molecule is CCOc1ccccc1CN1CCC(N(c2cccc(OC)c2)S(=O)(=O)c2ccc(OC)cc2)CC1. The van der Waals surface area contributed by atoms with Gasteiger partial charge in [-0.05, 0) is 62.2 Å². The van der Waals surface area contributed by atoms with Crippen molar-refractivity contribution in [2.24, 2.45) is 0 Å². The molecule has 1 fully saturated rings. The van der Waals surface area contributed by atoms with Crippen LogP contribution in [0.3, 0.4) is 0 Å². The molecule has 8 heteroatoms. The van der Waals surface area contributed by atoms with Gasteiger partial charge in [-0.2, -0.15) is 0 Å². The fraction of sp³-hybridized carbons (Fsp3) is 0.357. The Hall–Kier alpha value is -3.23. The number of hydrogen-bond acceptors (Lipinski definition) is 6. The molecule has 0 saturated carbocycles. The molecule has 1 aliphatic heterocycles. The van der Waals surface area contributed by atoms with Crippen LogP contribution in [0.5, 0.6) is 17.2 Å². The molecule has 0 radical (unpaired) electrons. The molecule has 0 unspecified atom stereocenters. The molecule has 192 valence electrons. The standard InChI is InChI=1S/C28H34N2O5S/c1-4-35-28-11-6-5-8-22(28)21-29-18-16-23(17-19-29)30(24-9-7-10-26(20-24)34-3)36(31,32)27-14-12-25(33-2)13-15-27/h5-15,20,23H,4,16-19,21H2,1-3H3. The van der Waals surface area contributed by atoms with Gasteiger partial charge in [0.1, 0.15) is 17.2 Å². The van der Waals surface area contributed by atoms with E-state index in [0.29, 0.717) is 36.6 Å². The van der Waals surface area contributed by atoms with Gasteiger partial charge in [0, 0.05) is 37.3 Å². The van der Waals surface area contributed by atoms with Crippen molar-refractivity contribution in [2.75, 3.05) is 38.2 Å². The summed E-state index contributed by atoms with van der Waals surface area (Å²) in [6.07, 6.45) is 1.42. The minimum absolute atomic E-state index is 0.178. The zero-order valence-corrected chi connectivity index (χ0v) is 21.9. The lowest BCUT2D eigenvalue weighted by molar-refractivity contribution is 0.203. The van der Waals surface area contributed by atoms with E-state index in [1.807, 2.05) is 43.3 Å². The molecule has 0 spiro atoms. The number of benzene rings is 3. The van der Waals surface area contributed by atoms with E-state index in [-0.39, 0.29) is 10.9 Å². The molecule has 1 heterocycles. The highest BCUT2D eigenvalue weighted by molar-refractivity contribution is 7.92. The Morgan fingerprint density at radius 3 is 2.25 bits per heavy atom. The summed E-state index contributed by atoms with van der Waals surface area (Å²) in [4.78, 5) is 2.59. The number of rotatable bonds is 10. The Morgan fingerprint density at radius 2 is 1.58 bits per heavy atom. The van der Waals surface area contributed by atoms with E-state index in [1.54, 1.807) is 48.9 Å². The summed E-state index contributed by atoms with van der Waals surface area (Å²) in [6.45, 7) is 4.94. The number of ether oxygens (including phenoxy) is 3. The number of methoxy groups -OCH3 is 2. The van der Waals surface area contributed by atoms with Gasteiger partial charge in [-0.15, -0.1) is 0 Å². The van der Waals surface area contributed by atoms with Gasteiger partial charge in [0.15, 0.2) is 0 Å². The zero-order chi connectivity index (χ0) is 25.5. The predicted octanol–water partition coefficient (Wildman–Crippen LogP) is 4.96. The minimum Gasteiger partial charge on any atom is -0.497 e. The Kier molecular flexibility index (Phi) is 8.38. The lowest BCUT2D eigenvalue weighted by atomic mass is 10.0. The van der Waals surface area contributed by atoms with Crippen molar-refractivity contribution in [1.82, 2.24) is 4.90 Å². The molecule has 0 N–H and O–H groups in total. The number of likely N-dealkylation sites (tertiary alicyclic amines) is 1. The zero-order valence-electron chi connectivity index (χ0n) is 21.1. The van der Waals surface area contributed by atoms with Crippen molar-refractivity contribution in [3.05, 3.63) is 78.4 Å². The summed E-state index contributed by atoms with van der Waals surface area (Å²) < 4.78 is 45.8. The van der Waals surface area contributed by atoms with Gasteiger partial charge in [-0.3, -0.25) is 9.21 Å². The van der Waals surface area contributed by atoms with Crippen molar-refractivity contribution in [3.63, 3.8) is 0 Å². The van der Waals surface area contributed by atoms with E-state index < -0.39 is 10.0 Å². The Morgan fingerprint density at radius 1 is 0.889 bits per heavy atom. The van der Waals surface area contributed by atoms with Gasteiger partial charge >= 0.3 is 0 Å². The molecular formula is C28H34N2O5S. The van der Waals surface area contributed by atoms with E-state index >= 15 is 0 Å². The second-order valence-corrected chi connectivity index (χ2v) is 10.5. The summed E-state index contributed by atoms with van der Waals surface area (Å²) in [7, 11) is -0.665. The molecule has 4 rings (SSSR count). The number of sulfonamides is 1. The third-order valence-corrected chi connectivity index (χ3v) is 8.37. The van der Waals surface area contributed by atoms with Crippen LogP contribution in [0.2, 0.25) is 0 Å². The topological polar surface area (TPSA) is 68.3 Å². The summed E-state index contributed by atoms with van der Waals surface area (Å²) in [5, 5.41) is 0. The second-order valence-electron chi connectivity index (χ2n) is 8.73. The molecule has 36 heavy (non-hydrogen) atoms. The Labute approximate surface area is 214 Å². The van der Waals surface area contributed by atoms with Gasteiger partial charge in [0.25, 0.3) is 10.0 Å². The van der Waals surface area contributed by atoms with Gasteiger partial charge in [0.2, 0.25) is 0 Å². The summed E-state index contributed by atoms with van der Waals surface area (Å²) in [5.74, 6) is 2.14. The van der Waals surface area contributed by atoms with Crippen LogP contribution in [-0.2, 0) is 16.6 Å². The third-order valence-electron chi connectivity index (χ3n) is 6.48. The highest BCUT2D eigenvalue weighted by atomic mass is 32.2. The van der Waals surface area contributed by atoms with Crippen LogP contribution in [0.1, 0.15) is 25.3 Å². The molecule has 3 aromatic carbocycles. The Bertz CT molecular complexity index is 1240. The van der Waals surface area contributed by atoms with Gasteiger partial charge in [0.05, 0.1) is 31.4 Å². The van der Waals surface area contributed by atoms with Crippen molar-refractivity contribution < 1.29 is 22.6 Å².